The Hall–Kier alpha value is -4.65. The van der Waals surface area contributed by atoms with Gasteiger partial charge in [0, 0.05) is 12.6 Å². The summed E-state index contributed by atoms with van der Waals surface area (Å²) < 4.78 is 10.3. The third kappa shape index (κ3) is 6.00. The fourth-order valence-corrected chi connectivity index (χ4v) is 4.56. The third-order valence-corrected chi connectivity index (χ3v) is 6.60. The second kappa shape index (κ2) is 12.1. The smallest absolute Gasteiger partial charge is 0.411 e. The summed E-state index contributed by atoms with van der Waals surface area (Å²) in [6.07, 6.45) is 3.21. The maximum Gasteiger partial charge on any atom is 0.411 e. The highest BCUT2D eigenvalue weighted by Gasteiger charge is 2.33. The molecule has 194 valence electrons. The molecule has 3 aromatic rings. The molecule has 3 aromatic carbocycles. The lowest BCUT2D eigenvalue weighted by atomic mass is 9.91. The van der Waals surface area contributed by atoms with Crippen molar-refractivity contribution in [1.82, 2.24) is 4.90 Å². The van der Waals surface area contributed by atoms with Crippen LogP contribution < -0.4 is 5.32 Å². The predicted molar refractivity (Wildman–Crippen MR) is 148 cm³/mol. The zero-order valence-corrected chi connectivity index (χ0v) is 21.3. The maximum atomic E-state index is 14.1. The first-order valence-corrected chi connectivity index (χ1v) is 12.3. The summed E-state index contributed by atoms with van der Waals surface area (Å²) in [6, 6.07) is 20.0. The van der Waals surface area contributed by atoms with Gasteiger partial charge in [0.1, 0.15) is 6.61 Å². The first kappa shape index (κ1) is 26.4. The first-order chi connectivity index (χ1) is 18.4. The number of carbonyl (C=O) groups excluding carboxylic acids is 3. The van der Waals surface area contributed by atoms with E-state index in [1.165, 1.54) is 7.11 Å². The van der Waals surface area contributed by atoms with Crippen LogP contribution in [0.3, 0.4) is 0 Å². The van der Waals surface area contributed by atoms with E-state index >= 15 is 0 Å². The number of allylic oxidation sites excluding steroid dienone is 1. The molecule has 0 spiro atoms. The molecule has 2 amide bonds. The average molecular weight is 511 g/mol. The number of ether oxygens (including phenoxy) is 2. The molecule has 7 heteroatoms. The molecule has 0 fully saturated rings. The van der Waals surface area contributed by atoms with Gasteiger partial charge >= 0.3 is 12.1 Å². The van der Waals surface area contributed by atoms with Gasteiger partial charge in [0.15, 0.2) is 0 Å². The number of rotatable bonds is 8. The van der Waals surface area contributed by atoms with E-state index in [1.54, 1.807) is 29.2 Å². The normalized spacial score (nSPS) is 15.1. The fourth-order valence-electron chi connectivity index (χ4n) is 4.56. The summed E-state index contributed by atoms with van der Waals surface area (Å²) in [7, 11) is 1.32. The Labute approximate surface area is 222 Å². The molecule has 0 saturated heterocycles. The van der Waals surface area contributed by atoms with Crippen molar-refractivity contribution in [3.8, 4) is 0 Å². The van der Waals surface area contributed by atoms with E-state index in [9.17, 15) is 14.4 Å². The molecule has 4 rings (SSSR count). The van der Waals surface area contributed by atoms with Gasteiger partial charge in [-0.15, -0.1) is 0 Å². The van der Waals surface area contributed by atoms with E-state index in [2.05, 4.69) is 18.5 Å². The quantitative estimate of drug-likeness (QED) is 0.374. The van der Waals surface area contributed by atoms with Crippen LogP contribution in [0.15, 0.2) is 103 Å². The van der Waals surface area contributed by atoms with Crippen LogP contribution >= 0.6 is 0 Å². The van der Waals surface area contributed by atoms with Gasteiger partial charge in [-0.2, -0.15) is 0 Å². The molecule has 0 unspecified atom stereocenters. The van der Waals surface area contributed by atoms with Crippen LogP contribution in [0.2, 0.25) is 0 Å². The Morgan fingerprint density at radius 3 is 2.29 bits per heavy atom. The number of hydrogen-bond donors (Lipinski definition) is 1. The van der Waals surface area contributed by atoms with Gasteiger partial charge in [-0.25, -0.2) is 4.79 Å². The molecular formula is C31H30N2O5. The van der Waals surface area contributed by atoms with E-state index < -0.39 is 18.1 Å². The van der Waals surface area contributed by atoms with Gasteiger partial charge in [-0.05, 0) is 46.0 Å². The fraction of sp³-hybridized carbons (Fsp3) is 0.194. The van der Waals surface area contributed by atoms with Crippen molar-refractivity contribution in [2.24, 2.45) is 0 Å². The van der Waals surface area contributed by atoms with Crippen molar-refractivity contribution in [1.29, 1.82) is 0 Å². The molecule has 1 heterocycles. The summed E-state index contributed by atoms with van der Waals surface area (Å²) in [5.41, 5.74) is 3.24. The number of methoxy groups -OCH3 is 1. The number of carbonyl (C=O) groups is 3. The van der Waals surface area contributed by atoms with Crippen molar-refractivity contribution < 1.29 is 23.9 Å². The Balaban J connectivity index is 1.68. The van der Waals surface area contributed by atoms with Crippen LogP contribution in [0.25, 0.3) is 10.8 Å². The van der Waals surface area contributed by atoms with E-state index in [-0.39, 0.29) is 25.5 Å². The summed E-state index contributed by atoms with van der Waals surface area (Å²) in [4.78, 5) is 40.7. The van der Waals surface area contributed by atoms with E-state index in [0.717, 1.165) is 27.5 Å². The van der Waals surface area contributed by atoms with Gasteiger partial charge in [0.25, 0.3) is 5.91 Å². The molecular weight excluding hydrogens is 480 g/mol. The van der Waals surface area contributed by atoms with Crippen molar-refractivity contribution >= 4 is 34.4 Å². The minimum Gasteiger partial charge on any atom is -0.469 e. The Morgan fingerprint density at radius 2 is 1.63 bits per heavy atom. The average Bonchev–Trinajstić information content (AvgIpc) is 2.95. The summed E-state index contributed by atoms with van der Waals surface area (Å²) in [5.74, 6) is -0.745. The van der Waals surface area contributed by atoms with Crippen molar-refractivity contribution in [2.75, 3.05) is 19.0 Å². The number of benzene rings is 3. The molecule has 1 aliphatic heterocycles. The van der Waals surface area contributed by atoms with Crippen LogP contribution in [0, 0.1) is 0 Å². The van der Waals surface area contributed by atoms with E-state index in [0.29, 0.717) is 17.7 Å². The Kier molecular flexibility index (Phi) is 8.38. The summed E-state index contributed by atoms with van der Waals surface area (Å²) >= 11 is 0. The van der Waals surface area contributed by atoms with Crippen LogP contribution in [-0.2, 0) is 20.9 Å². The lowest BCUT2D eigenvalue weighted by Crippen LogP contribution is -2.45. The zero-order chi connectivity index (χ0) is 27.1. The van der Waals surface area contributed by atoms with Crippen LogP contribution in [0.1, 0.15) is 28.8 Å². The number of hydrogen-bond acceptors (Lipinski definition) is 5. The van der Waals surface area contributed by atoms with E-state index in [4.69, 9.17) is 9.47 Å². The Bertz CT molecular complexity index is 1410. The largest absolute Gasteiger partial charge is 0.469 e. The highest BCUT2D eigenvalue weighted by Crippen LogP contribution is 2.32. The van der Waals surface area contributed by atoms with Gasteiger partial charge < -0.3 is 14.4 Å². The summed E-state index contributed by atoms with van der Waals surface area (Å²) in [6.45, 7) is 8.10. The zero-order valence-electron chi connectivity index (χ0n) is 21.3. The van der Waals surface area contributed by atoms with Crippen molar-refractivity contribution in [3.63, 3.8) is 0 Å². The molecule has 0 aliphatic carbocycles. The third-order valence-electron chi connectivity index (χ3n) is 6.60. The van der Waals surface area contributed by atoms with Crippen LogP contribution in [0.4, 0.5) is 10.5 Å². The highest BCUT2D eigenvalue weighted by atomic mass is 16.5. The first-order valence-electron chi connectivity index (χ1n) is 12.3. The number of fused-ring (bicyclic) bond motifs is 1. The van der Waals surface area contributed by atoms with Gasteiger partial charge in [-0.3, -0.25) is 14.9 Å². The lowest BCUT2D eigenvalue weighted by molar-refractivity contribution is -0.141. The molecule has 0 radical (unpaired) electrons. The molecule has 0 bridgehead atoms. The lowest BCUT2D eigenvalue weighted by Gasteiger charge is -2.37. The standard InChI is InChI=1S/C31H30N2O5/c1-4-22-15-26(18-29(34)37-3)33(19-23(22)5-2)30(35)27-16-24-13-9-10-14-25(24)17-28(27)32-31(36)38-20-21-11-7-6-8-12-21/h4-14,16-17,26H,1-2,15,18-20H2,3H3,(H,32,36)/t26-/m1/s1. The minimum absolute atomic E-state index is 0.0272. The molecule has 38 heavy (non-hydrogen) atoms. The minimum atomic E-state index is -0.677. The van der Waals surface area contributed by atoms with E-state index in [1.807, 2.05) is 54.6 Å². The number of amides is 2. The molecule has 1 N–H and O–H groups in total. The second-order valence-corrected chi connectivity index (χ2v) is 8.96. The number of esters is 1. The topological polar surface area (TPSA) is 84.9 Å². The maximum absolute atomic E-state index is 14.1. The predicted octanol–water partition coefficient (Wildman–Crippen LogP) is 6.03. The molecule has 7 nitrogen and oxygen atoms in total. The highest BCUT2D eigenvalue weighted by molar-refractivity contribution is 6.07. The monoisotopic (exact) mass is 510 g/mol. The second-order valence-electron chi connectivity index (χ2n) is 8.96. The molecule has 0 aromatic heterocycles. The van der Waals surface area contributed by atoms with Crippen LogP contribution in [0.5, 0.6) is 0 Å². The summed E-state index contributed by atoms with van der Waals surface area (Å²) in [5, 5.41) is 4.45. The van der Waals surface area contributed by atoms with Crippen molar-refractivity contribution in [2.45, 2.75) is 25.5 Å². The SMILES string of the molecule is C=CC1=C(C=C)CN(C(=O)c2cc3ccccc3cc2NC(=O)OCc2ccccc2)[C@@H](CC(=O)OC)C1. The number of nitrogens with zero attached hydrogens (tertiary/aromatic N) is 1. The molecule has 0 saturated carbocycles. The van der Waals surface area contributed by atoms with Crippen LogP contribution in [-0.4, -0.2) is 42.6 Å². The molecule has 1 aliphatic rings. The number of nitrogens with one attached hydrogen (secondary N) is 1. The van der Waals surface area contributed by atoms with Gasteiger partial charge in [0.2, 0.25) is 0 Å². The molecule has 1 atom stereocenters. The number of anilines is 1. The van der Waals surface area contributed by atoms with Gasteiger partial charge in [-0.1, -0.05) is 79.9 Å². The van der Waals surface area contributed by atoms with Crippen molar-refractivity contribution in [3.05, 3.63) is 114 Å². The van der Waals surface area contributed by atoms with Gasteiger partial charge in [0.05, 0.1) is 24.8 Å². The Morgan fingerprint density at radius 1 is 0.974 bits per heavy atom.